The van der Waals surface area contributed by atoms with Gasteiger partial charge in [-0.1, -0.05) is 11.6 Å². The minimum Gasteiger partial charge on any atom is -0.507 e. The largest absolute Gasteiger partial charge is 0.507 e. The number of phenolic OH excluding ortho intramolecular Hbond substituents is 3. The number of hydrogen-bond donors (Lipinski definition) is 4. The lowest BCUT2D eigenvalue weighted by atomic mass is 9.98. The molecule has 10 heteroatoms. The molecule has 2 aromatic carbocycles. The van der Waals surface area contributed by atoms with Crippen LogP contribution in [0.3, 0.4) is 0 Å². The third-order valence-electron chi connectivity index (χ3n) is 4.47. The number of halogens is 1. The Hall–Kier alpha value is -3.33. The number of anilines is 1. The highest BCUT2D eigenvalue weighted by Crippen LogP contribution is 2.41. The fourth-order valence-corrected chi connectivity index (χ4v) is 3.29. The van der Waals surface area contributed by atoms with Crippen LogP contribution in [0.2, 0.25) is 5.02 Å². The van der Waals surface area contributed by atoms with Crippen molar-refractivity contribution in [2.75, 3.05) is 19.5 Å². The van der Waals surface area contributed by atoms with Crippen molar-refractivity contribution < 1.29 is 39.1 Å². The van der Waals surface area contributed by atoms with Crippen molar-refractivity contribution in [2.24, 2.45) is 0 Å². The number of hydrogen-bond acceptors (Lipinski definition) is 8. The summed E-state index contributed by atoms with van der Waals surface area (Å²) in [7, 11) is 2.52. The zero-order valence-electron chi connectivity index (χ0n) is 15.5. The Labute approximate surface area is 170 Å². The molecule has 1 aliphatic heterocycles. The topological polar surface area (TPSA) is 135 Å². The number of ether oxygens (including phenoxy) is 3. The van der Waals surface area contributed by atoms with Crippen LogP contribution < -0.4 is 14.8 Å². The van der Waals surface area contributed by atoms with Gasteiger partial charge in [0.1, 0.15) is 22.8 Å². The average molecular weight is 424 g/mol. The number of amides is 1. The van der Waals surface area contributed by atoms with E-state index < -0.39 is 29.5 Å². The van der Waals surface area contributed by atoms with Gasteiger partial charge in [-0.15, -0.1) is 0 Å². The molecule has 0 spiro atoms. The highest BCUT2D eigenvalue weighted by Gasteiger charge is 2.30. The third kappa shape index (κ3) is 3.81. The number of phenols is 3. The molecule has 2 aromatic rings. The number of carbonyl (C=O) groups is 2. The Bertz CT molecular complexity index is 991. The molecule has 154 valence electrons. The van der Waals surface area contributed by atoms with E-state index in [4.69, 9.17) is 21.1 Å². The van der Waals surface area contributed by atoms with E-state index in [-0.39, 0.29) is 46.2 Å². The monoisotopic (exact) mass is 423 g/mol. The van der Waals surface area contributed by atoms with Crippen LogP contribution in [0.15, 0.2) is 18.2 Å². The van der Waals surface area contributed by atoms with E-state index >= 15 is 0 Å². The fourth-order valence-electron chi connectivity index (χ4n) is 3.04. The maximum absolute atomic E-state index is 12.4. The molecule has 4 N–H and O–H groups in total. The normalized spacial score (nSPS) is 15.1. The number of fused-ring (bicyclic) bond motifs is 1. The Morgan fingerprint density at radius 1 is 1.17 bits per heavy atom. The number of carbonyl (C=O) groups excluding carboxylic acids is 2. The lowest BCUT2D eigenvalue weighted by Crippen LogP contribution is -2.37. The van der Waals surface area contributed by atoms with Crippen molar-refractivity contribution in [3.8, 4) is 28.7 Å². The lowest BCUT2D eigenvalue weighted by Gasteiger charge is -2.26. The molecule has 0 saturated heterocycles. The molecule has 3 rings (SSSR count). The first-order valence-corrected chi connectivity index (χ1v) is 8.84. The van der Waals surface area contributed by atoms with E-state index in [0.717, 1.165) is 13.2 Å². The first-order chi connectivity index (χ1) is 13.8. The molecule has 0 bridgehead atoms. The molecule has 1 atom stereocenters. The van der Waals surface area contributed by atoms with Gasteiger partial charge in [0, 0.05) is 18.2 Å². The van der Waals surface area contributed by atoms with Crippen LogP contribution in [0.1, 0.15) is 22.3 Å². The van der Waals surface area contributed by atoms with Gasteiger partial charge in [0.2, 0.25) is 0 Å². The van der Waals surface area contributed by atoms with Gasteiger partial charge >= 0.3 is 5.97 Å². The maximum atomic E-state index is 12.4. The van der Waals surface area contributed by atoms with Crippen molar-refractivity contribution in [3.05, 3.63) is 34.3 Å². The summed E-state index contributed by atoms with van der Waals surface area (Å²) in [6.07, 6.45) is -0.864. The zero-order chi connectivity index (χ0) is 21.3. The summed E-state index contributed by atoms with van der Waals surface area (Å²) < 4.78 is 15.4. The van der Waals surface area contributed by atoms with Crippen LogP contribution in [-0.2, 0) is 16.0 Å². The van der Waals surface area contributed by atoms with Gasteiger partial charge in [0.05, 0.1) is 24.9 Å². The molecule has 0 aliphatic carbocycles. The molecule has 0 unspecified atom stereocenters. The first kappa shape index (κ1) is 20.4. The Balaban J connectivity index is 1.87. The van der Waals surface area contributed by atoms with Gasteiger partial charge in [-0.05, 0) is 18.4 Å². The molecule has 1 aliphatic rings. The van der Waals surface area contributed by atoms with Gasteiger partial charge in [-0.25, -0.2) is 4.79 Å². The summed E-state index contributed by atoms with van der Waals surface area (Å²) in [5, 5.41) is 32.2. The zero-order valence-corrected chi connectivity index (χ0v) is 16.2. The smallest absolute Gasteiger partial charge is 0.341 e. The van der Waals surface area contributed by atoms with Gasteiger partial charge in [0.15, 0.2) is 17.6 Å². The number of methoxy groups -OCH3 is 2. The van der Waals surface area contributed by atoms with Crippen LogP contribution in [-0.4, -0.2) is 47.5 Å². The summed E-state index contributed by atoms with van der Waals surface area (Å²) in [6, 6.07) is 3.68. The highest BCUT2D eigenvalue weighted by atomic mass is 35.5. The second kappa shape index (κ2) is 7.96. The van der Waals surface area contributed by atoms with Crippen molar-refractivity contribution >= 4 is 29.2 Å². The van der Waals surface area contributed by atoms with Crippen LogP contribution in [0.5, 0.6) is 28.7 Å². The summed E-state index contributed by atoms with van der Waals surface area (Å²) in [6.45, 7) is 0. The van der Waals surface area contributed by atoms with Crippen LogP contribution in [0.4, 0.5) is 5.69 Å². The second-order valence-corrected chi connectivity index (χ2v) is 6.61. The summed E-state index contributed by atoms with van der Waals surface area (Å²) in [5.74, 6) is -1.89. The predicted molar refractivity (Wildman–Crippen MR) is 102 cm³/mol. The van der Waals surface area contributed by atoms with E-state index in [9.17, 15) is 24.9 Å². The highest BCUT2D eigenvalue weighted by molar-refractivity contribution is 6.33. The molecule has 0 radical (unpaired) electrons. The minimum atomic E-state index is -0.956. The lowest BCUT2D eigenvalue weighted by molar-refractivity contribution is -0.123. The quantitative estimate of drug-likeness (QED) is 0.539. The molecule has 1 amide bonds. The molecular weight excluding hydrogens is 406 g/mol. The SMILES string of the molecule is COC(=O)c1c(O)cc(O)c(Cl)c1CC[C@H]1Oc2cc(OC)c(O)cc2NC1=O. The van der Waals surface area contributed by atoms with E-state index in [2.05, 4.69) is 10.1 Å². The summed E-state index contributed by atoms with van der Waals surface area (Å²) in [5.41, 5.74) is 0.216. The van der Waals surface area contributed by atoms with Crippen molar-refractivity contribution in [1.29, 1.82) is 0 Å². The third-order valence-corrected chi connectivity index (χ3v) is 4.89. The van der Waals surface area contributed by atoms with E-state index in [0.29, 0.717) is 5.75 Å². The van der Waals surface area contributed by atoms with Crippen molar-refractivity contribution in [1.82, 2.24) is 0 Å². The first-order valence-electron chi connectivity index (χ1n) is 8.47. The van der Waals surface area contributed by atoms with E-state index in [1.807, 2.05) is 0 Å². The van der Waals surface area contributed by atoms with Crippen molar-refractivity contribution in [2.45, 2.75) is 18.9 Å². The molecule has 0 fully saturated rings. The molecule has 0 saturated carbocycles. The van der Waals surface area contributed by atoms with E-state index in [1.165, 1.54) is 19.2 Å². The standard InChI is InChI=1S/C19H18ClNO8/c1-27-15-7-14-9(5-10(15)22)21-18(25)13(29-14)4-3-8-16(19(26)28-2)11(23)6-12(24)17(8)20/h5-7,13,22-24H,3-4H2,1-2H3,(H,21,25)/t13-/m1/s1. The number of aromatic hydroxyl groups is 3. The maximum Gasteiger partial charge on any atom is 0.341 e. The fraction of sp³-hybridized carbons (Fsp3) is 0.263. The second-order valence-electron chi connectivity index (χ2n) is 6.23. The molecule has 0 aromatic heterocycles. The predicted octanol–water partition coefficient (Wildman–Crippen LogP) is 2.58. The average Bonchev–Trinajstić information content (AvgIpc) is 2.68. The van der Waals surface area contributed by atoms with Gasteiger partial charge in [-0.2, -0.15) is 0 Å². The van der Waals surface area contributed by atoms with Crippen LogP contribution >= 0.6 is 11.6 Å². The Morgan fingerprint density at radius 3 is 2.55 bits per heavy atom. The number of esters is 1. The number of nitrogens with one attached hydrogen (secondary N) is 1. The van der Waals surface area contributed by atoms with E-state index in [1.54, 1.807) is 0 Å². The summed E-state index contributed by atoms with van der Waals surface area (Å²) >= 11 is 6.11. The summed E-state index contributed by atoms with van der Waals surface area (Å²) in [4.78, 5) is 24.4. The van der Waals surface area contributed by atoms with Crippen LogP contribution in [0.25, 0.3) is 0 Å². The Morgan fingerprint density at radius 2 is 1.90 bits per heavy atom. The van der Waals surface area contributed by atoms with Gasteiger partial charge in [-0.3, -0.25) is 4.79 Å². The van der Waals surface area contributed by atoms with Crippen LogP contribution in [0, 0.1) is 0 Å². The van der Waals surface area contributed by atoms with Crippen molar-refractivity contribution in [3.63, 3.8) is 0 Å². The number of benzene rings is 2. The number of rotatable bonds is 5. The molecule has 29 heavy (non-hydrogen) atoms. The molecule has 1 heterocycles. The Kier molecular flexibility index (Phi) is 5.60. The molecule has 9 nitrogen and oxygen atoms in total. The minimum absolute atomic E-state index is 0.0217. The van der Waals surface area contributed by atoms with Gasteiger partial charge < -0.3 is 34.8 Å². The van der Waals surface area contributed by atoms with Gasteiger partial charge in [0.25, 0.3) is 5.91 Å². The molecular formula is C19H18ClNO8.